The summed E-state index contributed by atoms with van der Waals surface area (Å²) in [6.45, 7) is 5.17. The maximum Gasteiger partial charge on any atom is 0.276 e. The van der Waals surface area contributed by atoms with E-state index in [0.717, 1.165) is 17.7 Å². The van der Waals surface area contributed by atoms with Crippen molar-refractivity contribution >= 4 is 28.8 Å². The zero-order valence-corrected chi connectivity index (χ0v) is 19.0. The number of amides is 1. The number of piperidine rings is 1. The van der Waals surface area contributed by atoms with Crippen molar-refractivity contribution < 1.29 is 13.6 Å². The first-order valence-corrected chi connectivity index (χ1v) is 11.2. The molecule has 178 valence electrons. The number of anilines is 1. The number of hydrazine groups is 1. The van der Waals surface area contributed by atoms with Crippen molar-refractivity contribution in [3.8, 4) is 0 Å². The minimum Gasteiger partial charge on any atom is -0.380 e. The number of carbonyl (C=O) groups excluding carboxylic acids is 1. The van der Waals surface area contributed by atoms with E-state index in [1.54, 1.807) is 17.1 Å². The van der Waals surface area contributed by atoms with E-state index in [9.17, 15) is 13.6 Å². The van der Waals surface area contributed by atoms with Gasteiger partial charge >= 0.3 is 0 Å². The summed E-state index contributed by atoms with van der Waals surface area (Å²) in [6, 6.07) is 4.78. The molecule has 0 aliphatic carbocycles. The van der Waals surface area contributed by atoms with Crippen molar-refractivity contribution in [2.24, 2.45) is 16.0 Å². The Kier molecular flexibility index (Phi) is 6.59. The molecular weight excluding hydrogens is 430 g/mol. The summed E-state index contributed by atoms with van der Waals surface area (Å²) >= 11 is 0. The standard InChI is InChI=1S/C22H30F2N8O/c1-12-10-32-20(19(12)14-4-5-17(29-25)18(8-14)26-9-13(2)23)21(33)28-22(30-32)27-16-6-7-31(3)11-15(16)24/h4-5,8,12-13,15-16,25-26H,6-7,9-11H2,1-3H3,(H2,27,28,30,33)/t12?,13-,15-,16+/m0/s1. The number of hydrogen-bond donors (Lipinski definition) is 4. The molecule has 0 saturated carbocycles. The molecule has 33 heavy (non-hydrogen) atoms. The Morgan fingerprint density at radius 1 is 1.36 bits per heavy atom. The van der Waals surface area contributed by atoms with Crippen LogP contribution in [0.4, 0.5) is 20.2 Å². The zero-order valence-electron chi connectivity index (χ0n) is 19.0. The molecule has 11 heteroatoms. The van der Waals surface area contributed by atoms with Gasteiger partial charge in [-0.2, -0.15) is 5.11 Å². The Morgan fingerprint density at radius 3 is 2.85 bits per heavy atom. The first-order valence-electron chi connectivity index (χ1n) is 11.2. The van der Waals surface area contributed by atoms with Crippen molar-refractivity contribution in [1.29, 1.82) is 5.53 Å². The van der Waals surface area contributed by atoms with Crippen molar-refractivity contribution in [3.63, 3.8) is 0 Å². The predicted molar refractivity (Wildman–Crippen MR) is 123 cm³/mol. The van der Waals surface area contributed by atoms with E-state index in [2.05, 4.69) is 26.2 Å². The fourth-order valence-corrected chi connectivity index (χ4v) is 4.54. The van der Waals surface area contributed by atoms with E-state index < -0.39 is 18.4 Å². The molecule has 0 spiro atoms. The number of nitrogens with one attached hydrogen (secondary N) is 4. The van der Waals surface area contributed by atoms with E-state index in [1.165, 1.54) is 6.92 Å². The van der Waals surface area contributed by atoms with Gasteiger partial charge in [0.2, 0.25) is 5.96 Å². The Morgan fingerprint density at radius 2 is 2.15 bits per heavy atom. The average Bonchev–Trinajstić information content (AvgIpc) is 3.10. The van der Waals surface area contributed by atoms with Gasteiger partial charge in [-0.15, -0.1) is 0 Å². The number of carbonyl (C=O) groups is 1. The van der Waals surface area contributed by atoms with E-state index in [4.69, 9.17) is 5.53 Å². The lowest BCUT2D eigenvalue weighted by Crippen LogP contribution is -2.57. The molecule has 3 aliphatic rings. The van der Waals surface area contributed by atoms with Gasteiger partial charge in [0.15, 0.2) is 0 Å². The third kappa shape index (κ3) is 4.82. The Balaban J connectivity index is 1.60. The van der Waals surface area contributed by atoms with Crippen LogP contribution in [-0.4, -0.2) is 73.4 Å². The Labute approximate surface area is 191 Å². The number of alkyl halides is 2. The second-order valence-corrected chi connectivity index (χ2v) is 8.96. The van der Waals surface area contributed by atoms with Gasteiger partial charge < -0.3 is 10.2 Å². The molecule has 0 bridgehead atoms. The number of nitrogens with zero attached hydrogens (tertiary/aromatic N) is 4. The van der Waals surface area contributed by atoms with E-state index in [1.807, 2.05) is 24.9 Å². The molecule has 4 rings (SSSR count). The number of benzene rings is 1. The average molecular weight is 461 g/mol. The number of fused-ring (bicyclic) bond motifs is 1. The third-order valence-corrected chi connectivity index (χ3v) is 6.17. The number of halogens is 2. The van der Waals surface area contributed by atoms with Crippen LogP contribution < -0.4 is 16.1 Å². The van der Waals surface area contributed by atoms with Gasteiger partial charge in [-0.1, -0.05) is 13.0 Å². The van der Waals surface area contributed by atoms with Gasteiger partial charge in [0.25, 0.3) is 5.91 Å². The molecule has 2 saturated heterocycles. The summed E-state index contributed by atoms with van der Waals surface area (Å²) in [5.41, 5.74) is 13.5. The van der Waals surface area contributed by atoms with Crippen LogP contribution in [0.2, 0.25) is 0 Å². The maximum absolute atomic E-state index is 14.4. The Hall–Kier alpha value is -3.08. The lowest BCUT2D eigenvalue weighted by Gasteiger charge is -2.33. The van der Waals surface area contributed by atoms with Gasteiger partial charge in [-0.3, -0.25) is 20.5 Å². The van der Waals surface area contributed by atoms with Gasteiger partial charge in [-0.25, -0.2) is 19.3 Å². The summed E-state index contributed by atoms with van der Waals surface area (Å²) in [7, 11) is 1.88. The van der Waals surface area contributed by atoms with E-state index in [-0.39, 0.29) is 24.3 Å². The summed E-state index contributed by atoms with van der Waals surface area (Å²) < 4.78 is 27.8. The first-order chi connectivity index (χ1) is 15.8. The molecule has 1 amide bonds. The van der Waals surface area contributed by atoms with Gasteiger partial charge in [0.1, 0.15) is 23.7 Å². The summed E-state index contributed by atoms with van der Waals surface area (Å²) in [4.78, 5) is 19.4. The summed E-state index contributed by atoms with van der Waals surface area (Å²) in [5, 5.41) is 11.0. The Bertz CT molecular complexity index is 995. The lowest BCUT2D eigenvalue weighted by molar-refractivity contribution is -0.118. The molecule has 0 aromatic heterocycles. The predicted octanol–water partition coefficient (Wildman–Crippen LogP) is 2.81. The van der Waals surface area contributed by atoms with Crippen molar-refractivity contribution in [1.82, 2.24) is 20.7 Å². The molecular formula is C22H30F2N8O. The highest BCUT2D eigenvalue weighted by Crippen LogP contribution is 2.38. The fraction of sp³-hybridized carbons (Fsp3) is 0.545. The highest BCUT2D eigenvalue weighted by molar-refractivity contribution is 6.12. The van der Waals surface area contributed by atoms with Crippen LogP contribution in [0, 0.1) is 11.4 Å². The smallest absolute Gasteiger partial charge is 0.276 e. The fourth-order valence-electron chi connectivity index (χ4n) is 4.54. The van der Waals surface area contributed by atoms with Crippen LogP contribution in [-0.2, 0) is 4.79 Å². The number of guanidine groups is 1. The van der Waals surface area contributed by atoms with Crippen LogP contribution in [0.1, 0.15) is 25.8 Å². The largest absolute Gasteiger partial charge is 0.380 e. The number of hydrogen-bond acceptors (Lipinski definition) is 7. The van der Waals surface area contributed by atoms with E-state index >= 15 is 0 Å². The quantitative estimate of drug-likeness (QED) is 0.489. The molecule has 3 aliphatic heterocycles. The zero-order chi connectivity index (χ0) is 23.7. The molecule has 9 nitrogen and oxygen atoms in total. The maximum atomic E-state index is 14.4. The minimum absolute atomic E-state index is 0.0154. The van der Waals surface area contributed by atoms with Crippen LogP contribution in [0.3, 0.4) is 0 Å². The SMILES string of the molecule is CC1CN2NC(=N[C@@H]3CCN(C)C[C@@H]3F)NC(=O)C2=C1c1ccc(N=N)c(NC[C@H](C)F)c1. The van der Waals surface area contributed by atoms with Gasteiger partial charge in [0, 0.05) is 32.1 Å². The minimum atomic E-state index is -1.08. The summed E-state index contributed by atoms with van der Waals surface area (Å²) in [6.07, 6.45) is -1.56. The molecule has 1 aromatic rings. The van der Waals surface area contributed by atoms with Gasteiger partial charge in [-0.05, 0) is 43.7 Å². The molecule has 0 radical (unpaired) electrons. The molecule has 4 N–H and O–H groups in total. The molecule has 1 aromatic carbocycles. The second-order valence-electron chi connectivity index (χ2n) is 8.96. The van der Waals surface area contributed by atoms with Crippen molar-refractivity contribution in [2.45, 2.75) is 38.7 Å². The van der Waals surface area contributed by atoms with E-state index in [0.29, 0.717) is 36.6 Å². The molecule has 1 unspecified atom stereocenters. The summed E-state index contributed by atoms with van der Waals surface area (Å²) in [5.74, 6) is -0.0324. The molecule has 3 heterocycles. The van der Waals surface area contributed by atoms with Gasteiger partial charge in [0.05, 0.1) is 11.7 Å². The number of likely N-dealkylation sites (tertiary alicyclic amines) is 1. The number of aliphatic imine (C=N–C) groups is 1. The lowest BCUT2D eigenvalue weighted by atomic mass is 9.94. The normalized spacial score (nSPS) is 27.8. The molecule has 2 fully saturated rings. The van der Waals surface area contributed by atoms with Crippen LogP contribution in [0.15, 0.2) is 34.0 Å². The first kappa shape index (κ1) is 23.1. The highest BCUT2D eigenvalue weighted by atomic mass is 19.1. The number of rotatable bonds is 6. The molecule has 4 atom stereocenters. The van der Waals surface area contributed by atoms with Crippen LogP contribution >= 0.6 is 0 Å². The topological polar surface area (TPSA) is 108 Å². The third-order valence-electron chi connectivity index (χ3n) is 6.17. The van der Waals surface area contributed by atoms with Crippen LogP contribution in [0.25, 0.3) is 5.57 Å². The van der Waals surface area contributed by atoms with Crippen LogP contribution in [0.5, 0.6) is 0 Å². The highest BCUT2D eigenvalue weighted by Gasteiger charge is 2.39. The van der Waals surface area contributed by atoms with Crippen molar-refractivity contribution in [2.75, 3.05) is 38.5 Å². The monoisotopic (exact) mass is 460 g/mol. The van der Waals surface area contributed by atoms with Crippen molar-refractivity contribution in [3.05, 3.63) is 29.5 Å². The second kappa shape index (κ2) is 9.42.